The molecule has 7 rings (SSSR count). The Morgan fingerprint density at radius 1 is 0.846 bits per heavy atom. The summed E-state index contributed by atoms with van der Waals surface area (Å²) in [5.74, 6) is 0.163. The normalized spacial score (nSPS) is 14.2. The Kier molecular flexibility index (Phi) is 5.81. The maximum Gasteiger partial charge on any atom is 0.227 e. The Morgan fingerprint density at radius 3 is 2.59 bits per heavy atom. The highest BCUT2D eigenvalue weighted by Crippen LogP contribution is 2.34. The first-order valence-corrected chi connectivity index (χ1v) is 13.2. The quantitative estimate of drug-likeness (QED) is 0.254. The van der Waals surface area contributed by atoms with Crippen LogP contribution in [0.25, 0.3) is 55.7 Å². The number of carbonyl (C=O) groups excluding carboxylic acids is 1. The molecule has 0 saturated heterocycles. The monoisotopic (exact) mass is 514 g/mol. The van der Waals surface area contributed by atoms with E-state index >= 15 is 0 Å². The fraction of sp³-hybridized carbons (Fsp3) is 0.200. The first-order chi connectivity index (χ1) is 19.2. The summed E-state index contributed by atoms with van der Waals surface area (Å²) in [6.07, 6.45) is 16.0. The molecule has 3 N–H and O–H groups in total. The predicted octanol–water partition coefficient (Wildman–Crippen LogP) is 6.14. The van der Waals surface area contributed by atoms with Gasteiger partial charge in [-0.1, -0.05) is 25.3 Å². The molecule has 1 aliphatic rings. The fourth-order valence-corrected chi connectivity index (χ4v) is 5.47. The summed E-state index contributed by atoms with van der Waals surface area (Å²) in [6.45, 7) is 0. The fourth-order valence-electron chi connectivity index (χ4n) is 5.47. The van der Waals surface area contributed by atoms with Gasteiger partial charge in [0.1, 0.15) is 5.65 Å². The first kappa shape index (κ1) is 23.2. The number of hydrogen-bond acceptors (Lipinski definition) is 6. The van der Waals surface area contributed by atoms with Crippen LogP contribution in [0.3, 0.4) is 0 Å². The van der Waals surface area contributed by atoms with Crippen molar-refractivity contribution in [3.63, 3.8) is 0 Å². The Balaban J connectivity index is 1.23. The van der Waals surface area contributed by atoms with Gasteiger partial charge in [-0.15, -0.1) is 0 Å². The number of amides is 1. The van der Waals surface area contributed by atoms with Crippen molar-refractivity contribution in [1.82, 2.24) is 35.1 Å². The highest BCUT2D eigenvalue weighted by Gasteiger charge is 2.21. The Hall–Kier alpha value is -4.92. The summed E-state index contributed by atoms with van der Waals surface area (Å²) in [5.41, 5.74) is 7.61. The molecule has 0 atom stereocenters. The van der Waals surface area contributed by atoms with Gasteiger partial charge in [0.15, 0.2) is 5.65 Å². The van der Waals surface area contributed by atoms with Gasteiger partial charge in [-0.05, 0) is 48.7 Å². The van der Waals surface area contributed by atoms with E-state index < -0.39 is 0 Å². The first-order valence-electron chi connectivity index (χ1n) is 13.2. The van der Waals surface area contributed by atoms with Crippen LogP contribution in [0.4, 0.5) is 5.69 Å². The molecule has 1 amide bonds. The lowest BCUT2D eigenvalue weighted by Crippen LogP contribution is -2.24. The van der Waals surface area contributed by atoms with Crippen molar-refractivity contribution in [3.05, 3.63) is 73.6 Å². The van der Waals surface area contributed by atoms with Crippen molar-refractivity contribution in [1.29, 1.82) is 0 Å². The van der Waals surface area contributed by atoms with Crippen LogP contribution in [-0.4, -0.2) is 41.0 Å². The Labute approximate surface area is 224 Å². The maximum atomic E-state index is 12.8. The number of H-pyrrole nitrogens is 2. The van der Waals surface area contributed by atoms with Crippen LogP contribution in [0.2, 0.25) is 0 Å². The van der Waals surface area contributed by atoms with E-state index in [2.05, 4.69) is 46.5 Å². The SMILES string of the molecule is O=C(Nc1cncc(-c2cnc3n[nH]c(-c4cc5c(-c6cccnc6)ccnc5[nH]4)c3c2)c1)C1CCCCC1. The van der Waals surface area contributed by atoms with Crippen LogP contribution in [0.5, 0.6) is 0 Å². The average molecular weight is 515 g/mol. The third-order valence-corrected chi connectivity index (χ3v) is 7.50. The van der Waals surface area contributed by atoms with E-state index in [4.69, 9.17) is 0 Å². The minimum Gasteiger partial charge on any atom is -0.338 e. The van der Waals surface area contributed by atoms with E-state index in [1.807, 2.05) is 36.5 Å². The van der Waals surface area contributed by atoms with E-state index in [-0.39, 0.29) is 11.8 Å². The van der Waals surface area contributed by atoms with Gasteiger partial charge in [0.05, 0.1) is 23.3 Å². The highest BCUT2D eigenvalue weighted by atomic mass is 16.1. The number of aromatic nitrogens is 7. The summed E-state index contributed by atoms with van der Waals surface area (Å²) in [5, 5.41) is 12.5. The number of aromatic amines is 2. The lowest BCUT2D eigenvalue weighted by Gasteiger charge is -2.20. The summed E-state index contributed by atoms with van der Waals surface area (Å²) in [4.78, 5) is 34.0. The third-order valence-electron chi connectivity index (χ3n) is 7.50. The molecule has 0 aromatic carbocycles. The molecular formula is C30H26N8O. The lowest BCUT2D eigenvalue weighted by molar-refractivity contribution is -0.120. The van der Waals surface area contributed by atoms with Gasteiger partial charge in [-0.3, -0.25) is 19.9 Å². The molecular weight excluding hydrogens is 488 g/mol. The van der Waals surface area contributed by atoms with Crippen LogP contribution in [0.1, 0.15) is 32.1 Å². The zero-order valence-electron chi connectivity index (χ0n) is 21.2. The molecule has 1 aliphatic carbocycles. The maximum absolute atomic E-state index is 12.8. The zero-order chi connectivity index (χ0) is 26.2. The van der Waals surface area contributed by atoms with Crippen LogP contribution in [0, 0.1) is 5.92 Å². The molecule has 192 valence electrons. The van der Waals surface area contributed by atoms with Crippen LogP contribution < -0.4 is 5.32 Å². The van der Waals surface area contributed by atoms with Gasteiger partial charge < -0.3 is 10.3 Å². The molecule has 1 fully saturated rings. The molecule has 9 nitrogen and oxygen atoms in total. The van der Waals surface area contributed by atoms with Crippen molar-refractivity contribution in [2.75, 3.05) is 5.32 Å². The molecule has 6 aromatic heterocycles. The predicted molar refractivity (Wildman–Crippen MR) is 151 cm³/mol. The minimum absolute atomic E-state index is 0.0809. The Bertz CT molecular complexity index is 1800. The summed E-state index contributed by atoms with van der Waals surface area (Å²) >= 11 is 0. The minimum atomic E-state index is 0.0809. The van der Waals surface area contributed by atoms with E-state index in [0.717, 1.165) is 75.7 Å². The number of nitrogens with zero attached hydrogens (tertiary/aromatic N) is 5. The zero-order valence-corrected chi connectivity index (χ0v) is 21.2. The Morgan fingerprint density at radius 2 is 1.72 bits per heavy atom. The van der Waals surface area contributed by atoms with Crippen LogP contribution >= 0.6 is 0 Å². The van der Waals surface area contributed by atoms with Crippen LogP contribution in [-0.2, 0) is 4.79 Å². The number of anilines is 1. The van der Waals surface area contributed by atoms with E-state index in [1.165, 1.54) is 6.42 Å². The second kappa shape index (κ2) is 9.75. The standard InChI is InChI=1S/C30H26N8O/c39-30(18-5-2-1-3-6-18)35-22-11-20(15-32-17-22)21-12-25-27(37-38-29(25)34-16-21)26-13-24-23(8-10-33-28(24)36-26)19-7-4-9-31-14-19/h4,7-18H,1-3,5-6H2,(H,33,36)(H,35,39)(H,34,37,38). The molecule has 6 heterocycles. The number of carbonyl (C=O) groups is 1. The molecule has 9 heteroatoms. The summed E-state index contributed by atoms with van der Waals surface area (Å²) in [6, 6.07) is 12.0. The third kappa shape index (κ3) is 4.41. The lowest BCUT2D eigenvalue weighted by atomic mass is 9.88. The molecule has 0 bridgehead atoms. The van der Waals surface area contributed by atoms with E-state index in [0.29, 0.717) is 11.3 Å². The van der Waals surface area contributed by atoms with Crippen molar-refractivity contribution in [2.24, 2.45) is 5.92 Å². The number of pyridine rings is 4. The van der Waals surface area contributed by atoms with Crippen molar-refractivity contribution in [2.45, 2.75) is 32.1 Å². The van der Waals surface area contributed by atoms with Gasteiger partial charge in [-0.25, -0.2) is 9.97 Å². The van der Waals surface area contributed by atoms with E-state index in [1.54, 1.807) is 31.0 Å². The summed E-state index contributed by atoms with van der Waals surface area (Å²) < 4.78 is 0. The summed E-state index contributed by atoms with van der Waals surface area (Å²) in [7, 11) is 0. The topological polar surface area (TPSA) is 125 Å². The number of fused-ring (bicyclic) bond motifs is 2. The van der Waals surface area contributed by atoms with Gasteiger partial charge in [0, 0.05) is 64.4 Å². The number of rotatable bonds is 5. The van der Waals surface area contributed by atoms with Crippen LogP contribution in [0.15, 0.2) is 73.6 Å². The van der Waals surface area contributed by atoms with Gasteiger partial charge >= 0.3 is 0 Å². The number of hydrogen-bond donors (Lipinski definition) is 3. The largest absolute Gasteiger partial charge is 0.338 e. The van der Waals surface area contributed by atoms with Crippen molar-refractivity contribution >= 4 is 33.7 Å². The molecule has 0 unspecified atom stereocenters. The molecule has 0 radical (unpaired) electrons. The molecule has 39 heavy (non-hydrogen) atoms. The molecule has 0 spiro atoms. The average Bonchev–Trinajstić information content (AvgIpc) is 3.62. The van der Waals surface area contributed by atoms with Crippen molar-refractivity contribution < 1.29 is 4.79 Å². The van der Waals surface area contributed by atoms with Crippen molar-refractivity contribution in [3.8, 4) is 33.6 Å². The smallest absolute Gasteiger partial charge is 0.227 e. The second-order valence-corrected chi connectivity index (χ2v) is 10.0. The van der Waals surface area contributed by atoms with Gasteiger partial charge in [0.2, 0.25) is 5.91 Å². The molecule has 0 aliphatic heterocycles. The molecule has 1 saturated carbocycles. The van der Waals surface area contributed by atoms with Gasteiger partial charge in [0.25, 0.3) is 0 Å². The highest BCUT2D eigenvalue weighted by molar-refractivity contribution is 6.00. The van der Waals surface area contributed by atoms with E-state index in [9.17, 15) is 4.79 Å². The second-order valence-electron chi connectivity index (χ2n) is 10.0. The molecule has 6 aromatic rings. The van der Waals surface area contributed by atoms with Gasteiger partial charge in [-0.2, -0.15) is 5.10 Å². The number of nitrogens with one attached hydrogen (secondary N) is 3.